The van der Waals surface area contributed by atoms with Gasteiger partial charge in [-0.1, -0.05) is 26.0 Å². The lowest BCUT2D eigenvalue weighted by Crippen LogP contribution is -2.30. The molecule has 2 heteroatoms. The van der Waals surface area contributed by atoms with Gasteiger partial charge in [0, 0.05) is 5.41 Å². The molecule has 0 aliphatic heterocycles. The quantitative estimate of drug-likeness (QED) is 0.749. The molecule has 0 saturated heterocycles. The van der Waals surface area contributed by atoms with Crippen molar-refractivity contribution in [1.29, 1.82) is 0 Å². The lowest BCUT2D eigenvalue weighted by Gasteiger charge is -2.34. The van der Waals surface area contributed by atoms with Gasteiger partial charge in [-0.25, -0.2) is 0 Å². The first-order valence-corrected chi connectivity index (χ1v) is 6.19. The third-order valence-electron chi connectivity index (χ3n) is 4.02. The van der Waals surface area contributed by atoms with Crippen LogP contribution < -0.4 is 4.74 Å². The van der Waals surface area contributed by atoms with E-state index in [1.165, 1.54) is 11.1 Å². The predicted molar refractivity (Wildman–Crippen MR) is 68.4 cm³/mol. The first kappa shape index (κ1) is 12.2. The zero-order valence-electron chi connectivity index (χ0n) is 10.8. The second kappa shape index (κ2) is 4.52. The average molecular weight is 232 g/mol. The molecule has 0 amide bonds. The molecule has 92 valence electrons. The molecule has 0 aromatic heterocycles. The Kier molecular flexibility index (Phi) is 3.23. The summed E-state index contributed by atoms with van der Waals surface area (Å²) in [6.07, 6.45) is 4.17. The van der Waals surface area contributed by atoms with Crippen molar-refractivity contribution in [2.45, 2.75) is 33.1 Å². The number of ether oxygens (including phenoxy) is 1. The van der Waals surface area contributed by atoms with E-state index in [1.807, 2.05) is 26.0 Å². The lowest BCUT2D eigenvalue weighted by atomic mass is 9.70. The Labute approximate surface area is 103 Å². The average Bonchev–Trinajstić information content (AvgIpc) is 2.37. The van der Waals surface area contributed by atoms with Crippen LogP contribution in [0.3, 0.4) is 0 Å². The molecule has 2 nitrogen and oxygen atoms in total. The molecule has 0 N–H and O–H groups in total. The van der Waals surface area contributed by atoms with Gasteiger partial charge in [0.15, 0.2) is 0 Å². The molecule has 0 bridgehead atoms. The minimum atomic E-state index is -0.221. The molecule has 0 heterocycles. The van der Waals surface area contributed by atoms with Gasteiger partial charge in [-0.05, 0) is 42.4 Å². The highest BCUT2D eigenvalue weighted by molar-refractivity contribution is 5.59. The normalized spacial score (nSPS) is 19.6. The van der Waals surface area contributed by atoms with Crippen molar-refractivity contribution in [2.24, 2.45) is 11.3 Å². The number of rotatable bonds is 3. The number of carbonyl (C=O) groups excluding carboxylic acids is 1. The number of carbonyl (C=O) groups is 1. The molecule has 17 heavy (non-hydrogen) atoms. The molecule has 2 rings (SSSR count). The number of hydrogen-bond acceptors (Lipinski definition) is 2. The molecule has 0 spiro atoms. The van der Waals surface area contributed by atoms with Crippen LogP contribution in [0.15, 0.2) is 18.2 Å². The molecular weight excluding hydrogens is 212 g/mol. The fourth-order valence-corrected chi connectivity index (χ4v) is 2.69. The topological polar surface area (TPSA) is 26.3 Å². The third kappa shape index (κ3) is 2.21. The SMILES string of the molecule is COc1cccc2c1CCC(C(C)(C)C=O)C2. The summed E-state index contributed by atoms with van der Waals surface area (Å²) in [4.78, 5) is 11.1. The van der Waals surface area contributed by atoms with E-state index in [4.69, 9.17) is 4.74 Å². The highest BCUT2D eigenvalue weighted by Gasteiger charge is 2.32. The summed E-state index contributed by atoms with van der Waals surface area (Å²) in [5.74, 6) is 1.43. The summed E-state index contributed by atoms with van der Waals surface area (Å²) in [7, 11) is 1.72. The second-order valence-electron chi connectivity index (χ2n) is 5.48. The molecule has 1 aliphatic rings. The van der Waals surface area contributed by atoms with Crippen molar-refractivity contribution in [3.8, 4) is 5.75 Å². The largest absolute Gasteiger partial charge is 0.496 e. The molecule has 0 radical (unpaired) electrons. The van der Waals surface area contributed by atoms with Crippen LogP contribution in [0, 0.1) is 11.3 Å². The van der Waals surface area contributed by atoms with Gasteiger partial charge in [-0.15, -0.1) is 0 Å². The molecule has 1 aromatic carbocycles. The summed E-state index contributed by atoms with van der Waals surface area (Å²) >= 11 is 0. The highest BCUT2D eigenvalue weighted by atomic mass is 16.5. The van der Waals surface area contributed by atoms with Crippen molar-refractivity contribution in [2.75, 3.05) is 7.11 Å². The molecule has 1 atom stereocenters. The second-order valence-corrected chi connectivity index (χ2v) is 5.48. The van der Waals surface area contributed by atoms with Crippen LogP contribution in [0.1, 0.15) is 31.4 Å². The number of aldehydes is 1. The van der Waals surface area contributed by atoms with E-state index in [0.29, 0.717) is 5.92 Å². The number of benzene rings is 1. The Bertz CT molecular complexity index is 421. The minimum Gasteiger partial charge on any atom is -0.496 e. The van der Waals surface area contributed by atoms with Crippen LogP contribution in [-0.2, 0) is 17.6 Å². The van der Waals surface area contributed by atoms with E-state index < -0.39 is 0 Å². The van der Waals surface area contributed by atoms with Gasteiger partial charge < -0.3 is 9.53 Å². The highest BCUT2D eigenvalue weighted by Crippen LogP contribution is 2.39. The van der Waals surface area contributed by atoms with Gasteiger partial charge in [-0.3, -0.25) is 0 Å². The number of methoxy groups -OCH3 is 1. The van der Waals surface area contributed by atoms with E-state index in [9.17, 15) is 4.79 Å². The molecule has 0 fully saturated rings. The third-order valence-corrected chi connectivity index (χ3v) is 4.02. The first-order valence-electron chi connectivity index (χ1n) is 6.19. The molecule has 1 unspecified atom stereocenters. The Morgan fingerprint density at radius 2 is 2.18 bits per heavy atom. The van der Waals surface area contributed by atoms with Crippen LogP contribution in [0.2, 0.25) is 0 Å². The van der Waals surface area contributed by atoms with Crippen molar-refractivity contribution in [3.05, 3.63) is 29.3 Å². The summed E-state index contributed by atoms with van der Waals surface area (Å²) < 4.78 is 5.39. The Morgan fingerprint density at radius 1 is 1.41 bits per heavy atom. The predicted octanol–water partition coefficient (Wildman–Crippen LogP) is 3.03. The van der Waals surface area contributed by atoms with Crippen molar-refractivity contribution in [3.63, 3.8) is 0 Å². The van der Waals surface area contributed by atoms with Crippen LogP contribution >= 0.6 is 0 Å². The Hall–Kier alpha value is -1.31. The Balaban J connectivity index is 2.28. The Morgan fingerprint density at radius 3 is 2.82 bits per heavy atom. The molecular formula is C15H20O2. The van der Waals surface area contributed by atoms with Gasteiger partial charge in [0.1, 0.15) is 12.0 Å². The standard InChI is InChI=1S/C15H20O2/c1-15(2,10-16)12-7-8-13-11(9-12)5-4-6-14(13)17-3/h4-6,10,12H,7-9H2,1-3H3. The lowest BCUT2D eigenvalue weighted by molar-refractivity contribution is -0.117. The van der Waals surface area contributed by atoms with Gasteiger partial charge >= 0.3 is 0 Å². The van der Waals surface area contributed by atoms with E-state index in [0.717, 1.165) is 31.3 Å². The maximum Gasteiger partial charge on any atom is 0.125 e. The maximum atomic E-state index is 11.1. The van der Waals surface area contributed by atoms with Gasteiger partial charge in [0.05, 0.1) is 7.11 Å². The van der Waals surface area contributed by atoms with E-state index >= 15 is 0 Å². The van der Waals surface area contributed by atoms with Gasteiger partial charge in [-0.2, -0.15) is 0 Å². The number of hydrogen-bond donors (Lipinski definition) is 0. The van der Waals surface area contributed by atoms with E-state index in [2.05, 4.69) is 6.07 Å². The monoisotopic (exact) mass is 232 g/mol. The summed E-state index contributed by atoms with van der Waals surface area (Å²) in [6, 6.07) is 6.21. The van der Waals surface area contributed by atoms with Crippen LogP contribution in [0.25, 0.3) is 0 Å². The minimum absolute atomic E-state index is 0.221. The maximum absolute atomic E-state index is 11.1. The van der Waals surface area contributed by atoms with Gasteiger partial charge in [0.25, 0.3) is 0 Å². The van der Waals surface area contributed by atoms with Crippen LogP contribution in [-0.4, -0.2) is 13.4 Å². The smallest absolute Gasteiger partial charge is 0.125 e. The molecule has 0 saturated carbocycles. The van der Waals surface area contributed by atoms with E-state index in [1.54, 1.807) is 7.11 Å². The van der Waals surface area contributed by atoms with Crippen LogP contribution in [0.4, 0.5) is 0 Å². The van der Waals surface area contributed by atoms with Crippen molar-refractivity contribution in [1.82, 2.24) is 0 Å². The first-order chi connectivity index (χ1) is 8.08. The molecule has 1 aliphatic carbocycles. The van der Waals surface area contributed by atoms with Crippen molar-refractivity contribution < 1.29 is 9.53 Å². The van der Waals surface area contributed by atoms with E-state index in [-0.39, 0.29) is 5.41 Å². The van der Waals surface area contributed by atoms with Crippen LogP contribution in [0.5, 0.6) is 5.75 Å². The van der Waals surface area contributed by atoms with Crippen molar-refractivity contribution >= 4 is 6.29 Å². The summed E-state index contributed by atoms with van der Waals surface area (Å²) in [5, 5.41) is 0. The molecule has 1 aromatic rings. The zero-order valence-corrected chi connectivity index (χ0v) is 10.8. The number of fused-ring (bicyclic) bond motifs is 1. The summed E-state index contributed by atoms with van der Waals surface area (Å²) in [5.41, 5.74) is 2.45. The fourth-order valence-electron chi connectivity index (χ4n) is 2.69. The fraction of sp³-hybridized carbons (Fsp3) is 0.533. The van der Waals surface area contributed by atoms with Gasteiger partial charge in [0.2, 0.25) is 0 Å². The summed E-state index contributed by atoms with van der Waals surface area (Å²) in [6.45, 7) is 4.08. The zero-order chi connectivity index (χ0) is 12.5.